The van der Waals surface area contributed by atoms with Gasteiger partial charge in [0.25, 0.3) is 0 Å². The van der Waals surface area contributed by atoms with Gasteiger partial charge in [0, 0.05) is 29.6 Å². The summed E-state index contributed by atoms with van der Waals surface area (Å²) in [5.41, 5.74) is 3.76. The zero-order chi connectivity index (χ0) is 20.4. The smallest absolute Gasteiger partial charge is 0.338 e. The Morgan fingerprint density at radius 2 is 1.93 bits per heavy atom. The molecule has 3 aromatic rings. The summed E-state index contributed by atoms with van der Waals surface area (Å²) in [5, 5.41) is 0. The fourth-order valence-corrected chi connectivity index (χ4v) is 4.21. The molecule has 29 heavy (non-hydrogen) atoms. The lowest BCUT2D eigenvalue weighted by molar-refractivity contribution is 0.0598. The first kappa shape index (κ1) is 18.9. The number of fused-ring (bicyclic) bond motifs is 3. The van der Waals surface area contributed by atoms with Gasteiger partial charge in [0.15, 0.2) is 0 Å². The van der Waals surface area contributed by atoms with Gasteiger partial charge in [-0.15, -0.1) is 0 Å². The van der Waals surface area contributed by atoms with Gasteiger partial charge < -0.3 is 4.74 Å². The maximum atomic E-state index is 13.8. The zero-order valence-corrected chi connectivity index (χ0v) is 16.2. The highest BCUT2D eigenvalue weighted by molar-refractivity contribution is 5.95. The standard InChI is InChI=1S/C23H20FN3O2/c1-3-4-9-23(14-15-7-11-25-18(24)13-15)17-6-5-10-26-20(17)21-19(23)16(8-12-27-21)22(28)29-2/h3-8,10-13H,9,14H2,1-2H3/b4-3-. The largest absolute Gasteiger partial charge is 0.465 e. The number of allylic oxidation sites excluding steroid dienone is 2. The Labute approximate surface area is 168 Å². The number of nitrogens with zero attached hydrogens (tertiary/aromatic N) is 3. The number of aromatic nitrogens is 3. The van der Waals surface area contributed by atoms with Crippen LogP contribution in [0.5, 0.6) is 0 Å². The van der Waals surface area contributed by atoms with E-state index in [1.807, 2.05) is 25.1 Å². The molecule has 1 aliphatic carbocycles. The van der Waals surface area contributed by atoms with Gasteiger partial charge in [0.05, 0.1) is 24.1 Å². The second-order valence-corrected chi connectivity index (χ2v) is 6.99. The molecule has 0 spiro atoms. The minimum absolute atomic E-state index is 0.429. The van der Waals surface area contributed by atoms with Gasteiger partial charge in [-0.2, -0.15) is 4.39 Å². The van der Waals surface area contributed by atoms with Crippen LogP contribution < -0.4 is 0 Å². The van der Waals surface area contributed by atoms with Crippen LogP contribution in [0.3, 0.4) is 0 Å². The number of pyridine rings is 3. The van der Waals surface area contributed by atoms with Crippen LogP contribution in [0, 0.1) is 5.95 Å². The number of methoxy groups -OCH3 is 1. The molecule has 0 saturated carbocycles. The van der Waals surface area contributed by atoms with Crippen LogP contribution in [0.2, 0.25) is 0 Å². The predicted molar refractivity (Wildman–Crippen MR) is 107 cm³/mol. The topological polar surface area (TPSA) is 65.0 Å². The molecule has 0 amide bonds. The van der Waals surface area contributed by atoms with E-state index in [9.17, 15) is 9.18 Å². The van der Waals surface area contributed by atoms with Gasteiger partial charge in [-0.3, -0.25) is 9.97 Å². The van der Waals surface area contributed by atoms with E-state index in [-0.39, 0.29) is 0 Å². The minimum Gasteiger partial charge on any atom is -0.465 e. The molecule has 1 aliphatic rings. The van der Waals surface area contributed by atoms with Crippen molar-refractivity contribution in [2.24, 2.45) is 0 Å². The van der Waals surface area contributed by atoms with Gasteiger partial charge in [0.1, 0.15) is 0 Å². The van der Waals surface area contributed by atoms with Gasteiger partial charge in [-0.1, -0.05) is 18.2 Å². The van der Waals surface area contributed by atoms with Crippen molar-refractivity contribution < 1.29 is 13.9 Å². The average Bonchev–Trinajstić information content (AvgIpc) is 3.02. The number of carbonyl (C=O) groups excluding carboxylic acids is 1. The third kappa shape index (κ3) is 3.10. The van der Waals surface area contributed by atoms with Crippen LogP contribution in [0.1, 0.15) is 40.4 Å². The summed E-state index contributed by atoms with van der Waals surface area (Å²) in [5.74, 6) is -0.963. The maximum absolute atomic E-state index is 13.8. The summed E-state index contributed by atoms with van der Waals surface area (Å²) >= 11 is 0. The molecule has 4 rings (SSSR count). The first-order valence-electron chi connectivity index (χ1n) is 9.36. The van der Waals surface area contributed by atoms with E-state index in [0.29, 0.717) is 24.1 Å². The highest BCUT2D eigenvalue weighted by Crippen LogP contribution is 2.52. The van der Waals surface area contributed by atoms with Gasteiger partial charge in [-0.25, -0.2) is 9.78 Å². The SMILES string of the molecule is C/C=C\CC1(Cc2ccnc(F)c2)c2cccnc2-c2nccc(C(=O)OC)c21. The van der Waals surface area contributed by atoms with Crippen LogP contribution in [0.15, 0.2) is 61.1 Å². The summed E-state index contributed by atoms with van der Waals surface area (Å²) in [6, 6.07) is 8.78. The lowest BCUT2D eigenvalue weighted by Crippen LogP contribution is -2.30. The zero-order valence-electron chi connectivity index (χ0n) is 16.2. The second-order valence-electron chi connectivity index (χ2n) is 6.99. The number of esters is 1. The molecule has 0 N–H and O–H groups in total. The molecular weight excluding hydrogens is 369 g/mol. The summed E-state index contributed by atoms with van der Waals surface area (Å²) in [6.45, 7) is 1.95. The van der Waals surface area contributed by atoms with Crippen LogP contribution >= 0.6 is 0 Å². The molecule has 5 nitrogen and oxygen atoms in total. The fourth-order valence-electron chi connectivity index (χ4n) is 4.21. The molecule has 0 aliphatic heterocycles. The molecule has 3 aromatic heterocycles. The van der Waals surface area contributed by atoms with E-state index < -0.39 is 17.3 Å². The molecule has 0 radical (unpaired) electrons. The minimum atomic E-state index is -0.628. The van der Waals surface area contributed by atoms with E-state index in [1.54, 1.807) is 24.5 Å². The number of carbonyl (C=O) groups is 1. The van der Waals surface area contributed by atoms with Crippen LogP contribution in [0.25, 0.3) is 11.4 Å². The molecule has 0 saturated heterocycles. The highest BCUT2D eigenvalue weighted by atomic mass is 19.1. The maximum Gasteiger partial charge on any atom is 0.338 e. The molecule has 1 unspecified atom stereocenters. The van der Waals surface area contributed by atoms with E-state index in [1.165, 1.54) is 19.4 Å². The lowest BCUT2D eigenvalue weighted by Gasteiger charge is -2.32. The summed E-state index contributed by atoms with van der Waals surface area (Å²) in [6.07, 6.45) is 9.87. The van der Waals surface area contributed by atoms with E-state index >= 15 is 0 Å². The molecule has 146 valence electrons. The third-order valence-electron chi connectivity index (χ3n) is 5.38. The highest BCUT2D eigenvalue weighted by Gasteiger charge is 2.46. The average molecular weight is 389 g/mol. The molecule has 0 bridgehead atoms. The van der Waals surface area contributed by atoms with E-state index in [4.69, 9.17) is 4.74 Å². The van der Waals surface area contributed by atoms with E-state index in [0.717, 1.165) is 22.4 Å². The van der Waals surface area contributed by atoms with Crippen molar-refractivity contribution >= 4 is 5.97 Å². The Hall–Kier alpha value is -3.41. The van der Waals surface area contributed by atoms with Crippen LogP contribution in [0.4, 0.5) is 4.39 Å². The molecule has 1 atom stereocenters. The number of hydrogen-bond donors (Lipinski definition) is 0. The number of ether oxygens (including phenoxy) is 1. The number of halogens is 1. The third-order valence-corrected chi connectivity index (χ3v) is 5.38. The van der Waals surface area contributed by atoms with Crippen molar-refractivity contribution in [1.29, 1.82) is 0 Å². The normalized spacial score (nSPS) is 17.2. The van der Waals surface area contributed by atoms with Crippen molar-refractivity contribution in [3.8, 4) is 11.4 Å². The predicted octanol–water partition coefficient (Wildman–Crippen LogP) is 4.27. The van der Waals surface area contributed by atoms with Crippen molar-refractivity contribution in [3.63, 3.8) is 0 Å². The molecule has 0 aromatic carbocycles. The number of hydrogen-bond acceptors (Lipinski definition) is 5. The molecule has 3 heterocycles. The summed E-state index contributed by atoms with van der Waals surface area (Å²) < 4.78 is 18.9. The number of rotatable bonds is 5. The Morgan fingerprint density at radius 1 is 1.14 bits per heavy atom. The van der Waals surface area contributed by atoms with Crippen molar-refractivity contribution in [2.75, 3.05) is 7.11 Å². The summed E-state index contributed by atoms with van der Waals surface area (Å²) in [4.78, 5) is 25.4. The first-order valence-corrected chi connectivity index (χ1v) is 9.36. The van der Waals surface area contributed by atoms with Crippen LogP contribution in [-0.2, 0) is 16.6 Å². The monoisotopic (exact) mass is 389 g/mol. The summed E-state index contributed by atoms with van der Waals surface area (Å²) in [7, 11) is 1.36. The van der Waals surface area contributed by atoms with Crippen LogP contribution in [-0.4, -0.2) is 28.0 Å². The van der Waals surface area contributed by atoms with Gasteiger partial charge >= 0.3 is 5.97 Å². The van der Waals surface area contributed by atoms with Crippen molar-refractivity contribution in [1.82, 2.24) is 15.0 Å². The molecule has 6 heteroatoms. The quantitative estimate of drug-likeness (QED) is 0.370. The van der Waals surface area contributed by atoms with E-state index in [2.05, 4.69) is 21.0 Å². The van der Waals surface area contributed by atoms with Crippen molar-refractivity contribution in [3.05, 3.63) is 89.3 Å². The van der Waals surface area contributed by atoms with Crippen molar-refractivity contribution in [2.45, 2.75) is 25.2 Å². The molecule has 0 fully saturated rings. The second kappa shape index (κ2) is 7.54. The molecular formula is C23H20FN3O2. The Kier molecular flexibility index (Phi) is 4.92. The first-order chi connectivity index (χ1) is 14.1. The Balaban J connectivity index is 2.03. The Bertz CT molecular complexity index is 1110. The van der Waals surface area contributed by atoms with Gasteiger partial charge in [0.2, 0.25) is 5.95 Å². The fraction of sp³-hybridized carbons (Fsp3) is 0.217. The lowest BCUT2D eigenvalue weighted by atomic mass is 9.70. The van der Waals surface area contributed by atoms with Gasteiger partial charge in [-0.05, 0) is 55.2 Å². The Morgan fingerprint density at radius 3 is 2.69 bits per heavy atom.